The van der Waals surface area contributed by atoms with Crippen LogP contribution in [0.1, 0.15) is 17.9 Å². The van der Waals surface area contributed by atoms with E-state index in [1.54, 1.807) is 0 Å². The summed E-state index contributed by atoms with van der Waals surface area (Å²) in [5.41, 5.74) is 10.8. The van der Waals surface area contributed by atoms with E-state index in [0.717, 1.165) is 12.1 Å². The molecule has 2 N–H and O–H groups in total. The van der Waals surface area contributed by atoms with E-state index in [1.165, 1.54) is 16.7 Å². The van der Waals surface area contributed by atoms with Crippen LogP contribution in [0.25, 0.3) is 11.1 Å². The van der Waals surface area contributed by atoms with Crippen LogP contribution < -0.4 is 5.73 Å². The summed E-state index contributed by atoms with van der Waals surface area (Å²) in [4.78, 5) is 0. The minimum Gasteiger partial charge on any atom is -0.402 e. The molecular formula is C18H17N. The number of benzene rings is 2. The average Bonchev–Trinajstić information content (AvgIpc) is 2.49. The predicted molar refractivity (Wildman–Crippen MR) is 80.6 cm³/mol. The van der Waals surface area contributed by atoms with Crippen LogP contribution in [-0.4, -0.2) is 0 Å². The smallest absolute Gasteiger partial charge is 0.0270 e. The molecular weight excluding hydrogens is 230 g/mol. The van der Waals surface area contributed by atoms with Gasteiger partial charge in [0.25, 0.3) is 0 Å². The highest BCUT2D eigenvalue weighted by atomic mass is 14.6. The highest BCUT2D eigenvalue weighted by Gasteiger charge is 2.14. The summed E-state index contributed by atoms with van der Waals surface area (Å²) in [6.45, 7) is 0. The Labute approximate surface area is 114 Å². The van der Waals surface area contributed by atoms with E-state index in [2.05, 4.69) is 54.6 Å². The van der Waals surface area contributed by atoms with Gasteiger partial charge in [0.1, 0.15) is 0 Å². The van der Waals surface area contributed by atoms with E-state index >= 15 is 0 Å². The summed E-state index contributed by atoms with van der Waals surface area (Å²) in [5, 5.41) is 0. The van der Waals surface area contributed by atoms with Crippen molar-refractivity contribution in [3.05, 3.63) is 84.1 Å². The van der Waals surface area contributed by atoms with Gasteiger partial charge in [0, 0.05) is 11.6 Å². The first kappa shape index (κ1) is 11.8. The number of hydrogen-bond donors (Lipinski definition) is 1. The van der Waals surface area contributed by atoms with E-state index in [4.69, 9.17) is 5.73 Å². The zero-order valence-electron chi connectivity index (χ0n) is 10.8. The predicted octanol–water partition coefficient (Wildman–Crippen LogP) is 4.24. The molecule has 2 aromatic carbocycles. The lowest BCUT2D eigenvalue weighted by Gasteiger charge is -2.19. The molecule has 19 heavy (non-hydrogen) atoms. The number of hydrogen-bond acceptors (Lipinski definition) is 1. The van der Waals surface area contributed by atoms with Gasteiger partial charge in [-0.3, -0.25) is 0 Å². The Morgan fingerprint density at radius 2 is 1.53 bits per heavy atom. The summed E-state index contributed by atoms with van der Waals surface area (Å²) >= 11 is 0. The van der Waals surface area contributed by atoms with Crippen LogP contribution in [0, 0.1) is 0 Å². The maximum absolute atomic E-state index is 6.07. The highest BCUT2D eigenvalue weighted by molar-refractivity contribution is 5.63. The van der Waals surface area contributed by atoms with Crippen LogP contribution in [0.5, 0.6) is 0 Å². The first-order chi connectivity index (χ1) is 9.34. The van der Waals surface area contributed by atoms with Crippen LogP contribution in [0.3, 0.4) is 0 Å². The SMILES string of the molecule is NC1=CC=CCC1c1ccc(-c2ccccc2)cc1. The zero-order chi connectivity index (χ0) is 13.1. The van der Waals surface area contributed by atoms with Crippen molar-refractivity contribution in [2.45, 2.75) is 12.3 Å². The Hall–Kier alpha value is -2.28. The Bertz CT molecular complexity index is 606. The van der Waals surface area contributed by atoms with Crippen molar-refractivity contribution in [3.8, 4) is 11.1 Å². The van der Waals surface area contributed by atoms with E-state index in [0.29, 0.717) is 5.92 Å². The van der Waals surface area contributed by atoms with Crippen LogP contribution >= 0.6 is 0 Å². The van der Waals surface area contributed by atoms with Gasteiger partial charge in [0.05, 0.1) is 0 Å². The van der Waals surface area contributed by atoms with Crippen molar-refractivity contribution < 1.29 is 0 Å². The summed E-state index contributed by atoms with van der Waals surface area (Å²) in [7, 11) is 0. The van der Waals surface area contributed by atoms with Gasteiger partial charge in [-0.05, 0) is 29.2 Å². The van der Waals surface area contributed by atoms with Gasteiger partial charge < -0.3 is 5.73 Å². The molecule has 1 aliphatic rings. The largest absolute Gasteiger partial charge is 0.402 e. The Balaban J connectivity index is 1.88. The van der Waals surface area contributed by atoms with Gasteiger partial charge in [-0.15, -0.1) is 0 Å². The molecule has 0 saturated heterocycles. The van der Waals surface area contributed by atoms with Gasteiger partial charge in [-0.25, -0.2) is 0 Å². The summed E-state index contributed by atoms with van der Waals surface area (Å²) < 4.78 is 0. The van der Waals surface area contributed by atoms with Crippen molar-refractivity contribution in [1.82, 2.24) is 0 Å². The maximum atomic E-state index is 6.07. The Morgan fingerprint density at radius 1 is 0.842 bits per heavy atom. The number of rotatable bonds is 2. The van der Waals surface area contributed by atoms with Gasteiger partial charge in [0.2, 0.25) is 0 Å². The third-order valence-electron chi connectivity index (χ3n) is 3.62. The molecule has 0 aliphatic heterocycles. The summed E-state index contributed by atoms with van der Waals surface area (Å²) in [6, 6.07) is 19.2. The third-order valence-corrected chi connectivity index (χ3v) is 3.62. The van der Waals surface area contributed by atoms with Crippen molar-refractivity contribution in [2.24, 2.45) is 5.73 Å². The van der Waals surface area contributed by atoms with E-state index in [1.807, 2.05) is 18.2 Å². The molecule has 0 heterocycles. The molecule has 0 aromatic heterocycles. The van der Waals surface area contributed by atoms with E-state index in [-0.39, 0.29) is 0 Å². The van der Waals surface area contributed by atoms with Crippen molar-refractivity contribution in [1.29, 1.82) is 0 Å². The molecule has 1 heteroatoms. The lowest BCUT2D eigenvalue weighted by atomic mass is 9.89. The first-order valence-electron chi connectivity index (χ1n) is 6.62. The lowest BCUT2D eigenvalue weighted by molar-refractivity contribution is 0.786. The molecule has 1 atom stereocenters. The van der Waals surface area contributed by atoms with Gasteiger partial charge >= 0.3 is 0 Å². The molecule has 1 nitrogen and oxygen atoms in total. The lowest BCUT2D eigenvalue weighted by Crippen LogP contribution is -2.11. The van der Waals surface area contributed by atoms with Crippen LogP contribution in [0.4, 0.5) is 0 Å². The molecule has 3 rings (SSSR count). The quantitative estimate of drug-likeness (QED) is 0.844. The van der Waals surface area contributed by atoms with E-state index in [9.17, 15) is 0 Å². The second-order valence-electron chi connectivity index (χ2n) is 4.87. The van der Waals surface area contributed by atoms with E-state index < -0.39 is 0 Å². The molecule has 1 unspecified atom stereocenters. The van der Waals surface area contributed by atoms with Crippen molar-refractivity contribution in [3.63, 3.8) is 0 Å². The molecule has 1 aliphatic carbocycles. The fourth-order valence-electron chi connectivity index (χ4n) is 2.51. The van der Waals surface area contributed by atoms with Gasteiger partial charge in [-0.2, -0.15) is 0 Å². The molecule has 2 aromatic rings. The van der Waals surface area contributed by atoms with Crippen molar-refractivity contribution in [2.75, 3.05) is 0 Å². The minimum absolute atomic E-state index is 0.329. The highest BCUT2D eigenvalue weighted by Crippen LogP contribution is 2.29. The van der Waals surface area contributed by atoms with Gasteiger partial charge in [0.15, 0.2) is 0 Å². The molecule has 0 amide bonds. The first-order valence-corrected chi connectivity index (χ1v) is 6.62. The molecule has 0 fully saturated rings. The second kappa shape index (κ2) is 5.15. The molecule has 0 radical (unpaired) electrons. The Morgan fingerprint density at radius 3 is 2.21 bits per heavy atom. The fraction of sp³-hybridized carbons (Fsp3) is 0.111. The van der Waals surface area contributed by atoms with Crippen LogP contribution in [-0.2, 0) is 0 Å². The number of nitrogens with two attached hydrogens (primary N) is 1. The molecule has 0 spiro atoms. The minimum atomic E-state index is 0.329. The normalized spacial score (nSPS) is 18.1. The van der Waals surface area contributed by atoms with Crippen LogP contribution in [0.2, 0.25) is 0 Å². The maximum Gasteiger partial charge on any atom is 0.0270 e. The fourth-order valence-corrected chi connectivity index (χ4v) is 2.51. The van der Waals surface area contributed by atoms with Gasteiger partial charge in [-0.1, -0.05) is 66.7 Å². The monoisotopic (exact) mass is 247 g/mol. The topological polar surface area (TPSA) is 26.0 Å². The molecule has 94 valence electrons. The Kier molecular flexibility index (Phi) is 3.20. The molecule has 0 bridgehead atoms. The summed E-state index contributed by atoms with van der Waals surface area (Å²) in [6.07, 6.45) is 7.20. The zero-order valence-corrected chi connectivity index (χ0v) is 10.8. The van der Waals surface area contributed by atoms with Crippen LogP contribution in [0.15, 0.2) is 78.5 Å². The average molecular weight is 247 g/mol. The summed E-state index contributed by atoms with van der Waals surface area (Å²) in [5.74, 6) is 0.329. The number of allylic oxidation sites excluding steroid dienone is 4. The van der Waals surface area contributed by atoms with Crippen molar-refractivity contribution >= 4 is 0 Å². The standard InChI is InChI=1S/C18H17N/c19-18-9-5-4-8-17(18)16-12-10-15(11-13-16)14-6-2-1-3-7-14/h1-7,9-13,17H,8,19H2. The molecule has 0 saturated carbocycles. The third kappa shape index (κ3) is 2.45. The second-order valence-corrected chi connectivity index (χ2v) is 4.87.